The first-order chi connectivity index (χ1) is 12.5. The molecular formula is C16H22N4O4S2. The Kier molecular flexibility index (Phi) is 5.73. The molecule has 1 saturated carbocycles. The number of aromatic nitrogens is 3. The van der Waals surface area contributed by atoms with E-state index in [2.05, 4.69) is 20.3 Å². The van der Waals surface area contributed by atoms with Gasteiger partial charge in [0.25, 0.3) is 5.16 Å². The lowest BCUT2D eigenvalue weighted by Gasteiger charge is -2.27. The van der Waals surface area contributed by atoms with Crippen LogP contribution >= 0.6 is 11.8 Å². The summed E-state index contributed by atoms with van der Waals surface area (Å²) in [7, 11) is -2.40. The van der Waals surface area contributed by atoms with Crippen LogP contribution in [0, 0.1) is 0 Å². The van der Waals surface area contributed by atoms with E-state index >= 15 is 0 Å². The zero-order valence-corrected chi connectivity index (χ0v) is 16.2. The summed E-state index contributed by atoms with van der Waals surface area (Å²) in [5.74, 6) is 0.186. The van der Waals surface area contributed by atoms with Crippen LogP contribution in [0.4, 0.5) is 5.69 Å². The van der Waals surface area contributed by atoms with Crippen LogP contribution in [0.2, 0.25) is 0 Å². The fourth-order valence-corrected chi connectivity index (χ4v) is 5.16. The van der Waals surface area contributed by atoms with Gasteiger partial charge in [0.15, 0.2) is 0 Å². The third kappa shape index (κ3) is 3.81. The molecule has 0 radical (unpaired) electrons. The van der Waals surface area contributed by atoms with Crippen molar-refractivity contribution in [3.63, 3.8) is 0 Å². The molecule has 142 valence electrons. The van der Waals surface area contributed by atoms with Gasteiger partial charge < -0.3 is 20.1 Å². The predicted octanol–water partition coefficient (Wildman–Crippen LogP) is 2.08. The number of hydrogen-bond acceptors (Lipinski definition) is 8. The zero-order valence-electron chi connectivity index (χ0n) is 14.6. The van der Waals surface area contributed by atoms with E-state index in [1.165, 1.54) is 31.1 Å². The maximum Gasteiger partial charge on any atom is 0.255 e. The summed E-state index contributed by atoms with van der Waals surface area (Å²) in [5, 5.41) is 13.1. The molecule has 0 bridgehead atoms. The molecule has 1 aliphatic rings. The molecule has 0 atom stereocenters. The minimum absolute atomic E-state index is 0.147. The second-order valence-corrected chi connectivity index (χ2v) is 8.73. The number of nitrogens with zero attached hydrogens (tertiary/aromatic N) is 2. The van der Waals surface area contributed by atoms with Gasteiger partial charge in [-0.15, -0.1) is 11.8 Å². The lowest BCUT2D eigenvalue weighted by atomic mass is 9.93. The molecule has 2 aromatic rings. The minimum atomic E-state index is -3.84. The molecule has 0 saturated heterocycles. The largest absolute Gasteiger partial charge is 0.479 e. The van der Waals surface area contributed by atoms with Crippen LogP contribution in [-0.2, 0) is 9.84 Å². The van der Waals surface area contributed by atoms with Crippen molar-refractivity contribution < 1.29 is 18.3 Å². The molecule has 0 aromatic carbocycles. The Morgan fingerprint density at radius 2 is 2.08 bits per heavy atom. The van der Waals surface area contributed by atoms with Crippen LogP contribution < -0.4 is 10.1 Å². The van der Waals surface area contributed by atoms with E-state index in [-0.39, 0.29) is 28.1 Å². The van der Waals surface area contributed by atoms with Gasteiger partial charge in [-0.25, -0.2) is 13.4 Å². The molecule has 2 heterocycles. The van der Waals surface area contributed by atoms with E-state index in [1.807, 2.05) is 0 Å². The van der Waals surface area contributed by atoms with Crippen molar-refractivity contribution in [3.8, 4) is 5.88 Å². The van der Waals surface area contributed by atoms with E-state index < -0.39 is 9.84 Å². The highest BCUT2D eigenvalue weighted by molar-refractivity contribution is 7.99. The van der Waals surface area contributed by atoms with Crippen molar-refractivity contribution in [2.45, 2.75) is 52.9 Å². The van der Waals surface area contributed by atoms with Crippen molar-refractivity contribution >= 4 is 27.3 Å². The second-order valence-electron chi connectivity index (χ2n) is 6.10. The van der Waals surface area contributed by atoms with Crippen molar-refractivity contribution in [1.82, 2.24) is 15.0 Å². The Hall–Kier alpha value is -1.78. The Morgan fingerprint density at radius 1 is 1.35 bits per heavy atom. The summed E-state index contributed by atoms with van der Waals surface area (Å²) < 4.78 is 30.9. The first kappa shape index (κ1) is 19.0. The van der Waals surface area contributed by atoms with Gasteiger partial charge in [-0.05, 0) is 38.0 Å². The zero-order chi connectivity index (χ0) is 18.7. The predicted molar refractivity (Wildman–Crippen MR) is 98.5 cm³/mol. The number of H-pyrrole nitrogens is 1. The molecule has 8 nitrogen and oxygen atoms in total. The van der Waals surface area contributed by atoms with E-state index in [9.17, 15) is 13.5 Å². The number of thioether (sulfide) groups is 1. The Bertz CT molecular complexity index is 861. The highest BCUT2D eigenvalue weighted by atomic mass is 32.2. The molecule has 10 heteroatoms. The highest BCUT2D eigenvalue weighted by Gasteiger charge is 2.27. The van der Waals surface area contributed by atoms with E-state index in [0.29, 0.717) is 10.7 Å². The number of aliphatic hydroxyl groups is 1. The standard InChI is InChI=1S/C16H22N4O4S2/c1-24-14-12(19-10-3-5-11(21)6-4-10)9-18-16(20-14)26(22,23)13-7-8-17-15(13)25-2/h7-11,17,19,21H,3-6H2,1-2H3. The minimum Gasteiger partial charge on any atom is -0.479 e. The van der Waals surface area contributed by atoms with Crippen molar-refractivity contribution in [1.29, 1.82) is 0 Å². The first-order valence-electron chi connectivity index (χ1n) is 8.27. The lowest BCUT2D eigenvalue weighted by Crippen LogP contribution is -2.28. The van der Waals surface area contributed by atoms with E-state index in [0.717, 1.165) is 25.7 Å². The molecule has 1 fully saturated rings. The number of rotatable bonds is 6. The number of ether oxygens (including phenoxy) is 1. The molecular weight excluding hydrogens is 376 g/mol. The van der Waals surface area contributed by atoms with Crippen LogP contribution in [0.1, 0.15) is 25.7 Å². The van der Waals surface area contributed by atoms with Crippen molar-refractivity contribution in [2.75, 3.05) is 18.7 Å². The molecule has 3 rings (SSSR count). The topological polar surface area (TPSA) is 117 Å². The van der Waals surface area contributed by atoms with Gasteiger partial charge in [0.05, 0.1) is 24.4 Å². The molecule has 0 aliphatic heterocycles. The van der Waals surface area contributed by atoms with Gasteiger partial charge in [0.2, 0.25) is 15.7 Å². The summed E-state index contributed by atoms with van der Waals surface area (Å²) in [6.45, 7) is 0. The van der Waals surface area contributed by atoms with Gasteiger partial charge in [0, 0.05) is 12.2 Å². The van der Waals surface area contributed by atoms with Crippen LogP contribution in [0.5, 0.6) is 5.88 Å². The average molecular weight is 399 g/mol. The number of sulfone groups is 1. The molecule has 0 unspecified atom stereocenters. The summed E-state index contributed by atoms with van der Waals surface area (Å²) in [6.07, 6.45) is 7.68. The monoisotopic (exact) mass is 398 g/mol. The molecule has 0 amide bonds. The summed E-state index contributed by atoms with van der Waals surface area (Å²) in [6, 6.07) is 1.67. The van der Waals surface area contributed by atoms with E-state index in [4.69, 9.17) is 4.74 Å². The Morgan fingerprint density at radius 3 is 2.73 bits per heavy atom. The third-order valence-electron chi connectivity index (χ3n) is 4.39. The van der Waals surface area contributed by atoms with Crippen LogP contribution in [0.3, 0.4) is 0 Å². The quantitative estimate of drug-likeness (QED) is 0.500. The first-order valence-corrected chi connectivity index (χ1v) is 11.0. The van der Waals surface area contributed by atoms with Gasteiger partial charge >= 0.3 is 0 Å². The fraction of sp³-hybridized carbons (Fsp3) is 0.500. The maximum absolute atomic E-state index is 12.8. The molecule has 3 N–H and O–H groups in total. The molecule has 1 aliphatic carbocycles. The number of anilines is 1. The number of aliphatic hydroxyl groups excluding tert-OH is 1. The molecule has 26 heavy (non-hydrogen) atoms. The van der Waals surface area contributed by atoms with Crippen molar-refractivity contribution in [3.05, 3.63) is 18.5 Å². The highest BCUT2D eigenvalue weighted by Crippen LogP contribution is 2.31. The smallest absolute Gasteiger partial charge is 0.255 e. The molecule has 2 aromatic heterocycles. The summed E-state index contributed by atoms with van der Waals surface area (Å²) in [4.78, 5) is 11.2. The summed E-state index contributed by atoms with van der Waals surface area (Å²) in [5.41, 5.74) is 0.548. The summed E-state index contributed by atoms with van der Waals surface area (Å²) >= 11 is 1.31. The fourth-order valence-electron chi connectivity index (χ4n) is 2.98. The van der Waals surface area contributed by atoms with Crippen LogP contribution in [-0.4, -0.2) is 54.0 Å². The Balaban J connectivity index is 1.86. The maximum atomic E-state index is 12.8. The average Bonchev–Trinajstić information content (AvgIpc) is 3.13. The van der Waals surface area contributed by atoms with Gasteiger partial charge in [0.1, 0.15) is 10.6 Å². The number of nitrogens with one attached hydrogen (secondary N) is 2. The number of hydrogen-bond donors (Lipinski definition) is 3. The molecule has 0 spiro atoms. The van der Waals surface area contributed by atoms with Crippen LogP contribution in [0.15, 0.2) is 33.5 Å². The third-order valence-corrected chi connectivity index (χ3v) is 6.86. The number of aromatic amines is 1. The Labute approximate surface area is 156 Å². The van der Waals surface area contributed by atoms with Gasteiger partial charge in [-0.1, -0.05) is 0 Å². The number of methoxy groups -OCH3 is 1. The van der Waals surface area contributed by atoms with E-state index in [1.54, 1.807) is 12.5 Å². The normalized spacial score (nSPS) is 20.7. The van der Waals surface area contributed by atoms with Gasteiger partial charge in [-0.2, -0.15) is 4.98 Å². The van der Waals surface area contributed by atoms with Gasteiger partial charge in [-0.3, -0.25) is 0 Å². The van der Waals surface area contributed by atoms with Crippen molar-refractivity contribution in [2.24, 2.45) is 0 Å². The lowest BCUT2D eigenvalue weighted by molar-refractivity contribution is 0.126. The van der Waals surface area contributed by atoms with Crippen LogP contribution in [0.25, 0.3) is 0 Å². The SMILES string of the molecule is COc1nc(S(=O)(=O)c2cc[nH]c2SC)ncc1NC1CCC(O)CC1. The second kappa shape index (κ2) is 7.85.